The van der Waals surface area contributed by atoms with Crippen molar-refractivity contribution in [2.45, 2.75) is 19.4 Å². The molecule has 1 aliphatic rings. The van der Waals surface area contributed by atoms with Crippen LogP contribution in [-0.4, -0.2) is 24.6 Å². The summed E-state index contributed by atoms with van der Waals surface area (Å²) in [5.74, 6) is 2.13. The van der Waals surface area contributed by atoms with Crippen LogP contribution in [0.2, 0.25) is 0 Å². The first kappa shape index (κ1) is 11.8. The highest BCUT2D eigenvalue weighted by Gasteiger charge is 2.16. The van der Waals surface area contributed by atoms with E-state index in [-0.39, 0.29) is 13.4 Å². The molecule has 1 atom stereocenters. The molecule has 4 heteroatoms. The molecule has 0 fully saturated rings. The third-order valence-electron chi connectivity index (χ3n) is 2.54. The van der Waals surface area contributed by atoms with Crippen LogP contribution in [0.25, 0.3) is 0 Å². The third kappa shape index (κ3) is 2.71. The number of hydrogen-bond donors (Lipinski definition) is 1. The van der Waals surface area contributed by atoms with E-state index in [1.807, 2.05) is 13.0 Å². The molecule has 1 aromatic carbocycles. The van der Waals surface area contributed by atoms with Gasteiger partial charge in [-0.25, -0.2) is 0 Å². The summed E-state index contributed by atoms with van der Waals surface area (Å²) >= 11 is 0. The molecule has 0 bridgehead atoms. The molecule has 1 heterocycles. The Kier molecular flexibility index (Phi) is 3.54. The van der Waals surface area contributed by atoms with Gasteiger partial charge in [-0.3, -0.25) is 0 Å². The highest BCUT2D eigenvalue weighted by Crippen LogP contribution is 2.37. The number of fused-ring (bicyclic) bond motifs is 1. The second-order valence-corrected chi connectivity index (χ2v) is 3.96. The number of ether oxygens (including phenoxy) is 3. The summed E-state index contributed by atoms with van der Waals surface area (Å²) in [7, 11) is 0. The maximum atomic E-state index is 9.54. The van der Waals surface area contributed by atoms with Crippen molar-refractivity contribution in [3.8, 4) is 17.2 Å². The molecule has 0 aliphatic carbocycles. The molecule has 0 unspecified atom stereocenters. The van der Waals surface area contributed by atoms with Crippen LogP contribution >= 0.6 is 0 Å². The Morgan fingerprint density at radius 2 is 2.18 bits per heavy atom. The molecule has 0 spiro atoms. The quantitative estimate of drug-likeness (QED) is 0.795. The van der Waals surface area contributed by atoms with Crippen molar-refractivity contribution in [1.29, 1.82) is 0 Å². The summed E-state index contributed by atoms with van der Waals surface area (Å²) in [6.07, 6.45) is 1.65. The molecule has 1 N–H and O–H groups in total. The first-order valence-corrected chi connectivity index (χ1v) is 5.52. The van der Waals surface area contributed by atoms with Crippen LogP contribution in [0.15, 0.2) is 24.8 Å². The van der Waals surface area contributed by atoms with Crippen molar-refractivity contribution in [1.82, 2.24) is 0 Å². The zero-order valence-corrected chi connectivity index (χ0v) is 9.81. The monoisotopic (exact) mass is 236 g/mol. The Balaban J connectivity index is 2.03. The van der Waals surface area contributed by atoms with Gasteiger partial charge in [0, 0.05) is 6.07 Å². The minimum absolute atomic E-state index is 0.243. The van der Waals surface area contributed by atoms with E-state index in [9.17, 15) is 5.11 Å². The van der Waals surface area contributed by atoms with Gasteiger partial charge in [0.05, 0.1) is 6.10 Å². The van der Waals surface area contributed by atoms with Crippen molar-refractivity contribution >= 4 is 0 Å². The van der Waals surface area contributed by atoms with E-state index in [0.29, 0.717) is 17.9 Å². The van der Waals surface area contributed by atoms with E-state index in [4.69, 9.17) is 14.2 Å². The van der Waals surface area contributed by atoms with Gasteiger partial charge in [-0.1, -0.05) is 6.08 Å². The van der Waals surface area contributed by atoms with Crippen LogP contribution in [-0.2, 0) is 0 Å². The number of aliphatic hydroxyl groups is 1. The predicted octanol–water partition coefficient (Wildman–Crippen LogP) is 2.04. The lowest BCUT2D eigenvalue weighted by molar-refractivity contribution is 0.109. The topological polar surface area (TPSA) is 47.9 Å². The summed E-state index contributed by atoms with van der Waals surface area (Å²) in [5.41, 5.74) is 0.958. The van der Waals surface area contributed by atoms with Crippen molar-refractivity contribution in [2.75, 3.05) is 13.4 Å². The molecular weight excluding hydrogens is 220 g/mol. The van der Waals surface area contributed by atoms with Crippen molar-refractivity contribution < 1.29 is 19.3 Å². The molecule has 0 saturated heterocycles. The third-order valence-corrected chi connectivity index (χ3v) is 2.54. The summed E-state index contributed by atoms with van der Waals surface area (Å²) < 4.78 is 16.1. The normalized spacial score (nSPS) is 14.5. The zero-order valence-electron chi connectivity index (χ0n) is 9.81. The molecule has 0 aromatic heterocycles. The SMILES string of the molecule is C=CC[C@@H](O)COc1cc2c(cc1C)OCO2. The van der Waals surface area contributed by atoms with Crippen molar-refractivity contribution in [3.05, 3.63) is 30.4 Å². The molecular formula is C13H16O4. The van der Waals surface area contributed by atoms with E-state index >= 15 is 0 Å². The van der Waals surface area contributed by atoms with E-state index in [1.165, 1.54) is 0 Å². The van der Waals surface area contributed by atoms with Crippen LogP contribution in [0.1, 0.15) is 12.0 Å². The Morgan fingerprint density at radius 3 is 2.88 bits per heavy atom. The van der Waals surface area contributed by atoms with Crippen LogP contribution in [0.4, 0.5) is 0 Å². The number of aliphatic hydroxyl groups excluding tert-OH is 1. The second kappa shape index (κ2) is 5.10. The first-order valence-electron chi connectivity index (χ1n) is 5.52. The molecule has 0 radical (unpaired) electrons. The average molecular weight is 236 g/mol. The van der Waals surface area contributed by atoms with Gasteiger partial charge in [-0.15, -0.1) is 6.58 Å². The molecule has 92 valence electrons. The van der Waals surface area contributed by atoms with Gasteiger partial charge >= 0.3 is 0 Å². The second-order valence-electron chi connectivity index (χ2n) is 3.96. The number of rotatable bonds is 5. The van der Waals surface area contributed by atoms with Gasteiger partial charge in [0.15, 0.2) is 11.5 Å². The minimum atomic E-state index is -0.530. The minimum Gasteiger partial charge on any atom is -0.490 e. The molecule has 2 rings (SSSR count). The van der Waals surface area contributed by atoms with Gasteiger partial charge in [0.1, 0.15) is 12.4 Å². The highest BCUT2D eigenvalue weighted by molar-refractivity contribution is 5.51. The van der Waals surface area contributed by atoms with Gasteiger partial charge < -0.3 is 19.3 Å². The largest absolute Gasteiger partial charge is 0.490 e. The van der Waals surface area contributed by atoms with Gasteiger partial charge in [-0.2, -0.15) is 0 Å². The average Bonchev–Trinajstić information content (AvgIpc) is 2.73. The molecule has 4 nitrogen and oxygen atoms in total. The van der Waals surface area contributed by atoms with Crippen LogP contribution < -0.4 is 14.2 Å². The molecule has 1 aliphatic heterocycles. The smallest absolute Gasteiger partial charge is 0.231 e. The Labute approximate surface area is 100 Å². The Bertz CT molecular complexity index is 414. The van der Waals surface area contributed by atoms with Crippen molar-refractivity contribution in [2.24, 2.45) is 0 Å². The predicted molar refractivity (Wildman–Crippen MR) is 63.6 cm³/mol. The van der Waals surface area contributed by atoms with E-state index < -0.39 is 6.10 Å². The lowest BCUT2D eigenvalue weighted by Crippen LogP contribution is -2.16. The van der Waals surface area contributed by atoms with Crippen LogP contribution in [0.5, 0.6) is 17.2 Å². The number of aryl methyl sites for hydroxylation is 1. The summed E-state index contributed by atoms with van der Waals surface area (Å²) in [5, 5.41) is 9.54. The fraction of sp³-hybridized carbons (Fsp3) is 0.385. The Morgan fingerprint density at radius 1 is 1.47 bits per heavy atom. The van der Waals surface area contributed by atoms with Gasteiger partial charge in [-0.05, 0) is 25.0 Å². The van der Waals surface area contributed by atoms with E-state index in [0.717, 1.165) is 11.3 Å². The highest BCUT2D eigenvalue weighted by atomic mass is 16.7. The van der Waals surface area contributed by atoms with Gasteiger partial charge in [0.2, 0.25) is 6.79 Å². The standard InChI is InChI=1S/C13H16O4/c1-3-4-10(14)7-15-11-6-13-12(5-9(11)2)16-8-17-13/h3,5-6,10,14H,1,4,7-8H2,2H3/t10-/m1/s1. The fourth-order valence-corrected chi connectivity index (χ4v) is 1.63. The zero-order chi connectivity index (χ0) is 12.3. The maximum absolute atomic E-state index is 9.54. The van der Waals surface area contributed by atoms with Crippen molar-refractivity contribution in [3.63, 3.8) is 0 Å². The summed E-state index contributed by atoms with van der Waals surface area (Å²) in [6.45, 7) is 5.99. The summed E-state index contributed by atoms with van der Waals surface area (Å²) in [4.78, 5) is 0. The van der Waals surface area contributed by atoms with Gasteiger partial charge in [0.25, 0.3) is 0 Å². The molecule has 0 amide bonds. The molecule has 1 aromatic rings. The first-order chi connectivity index (χ1) is 8.20. The Hall–Kier alpha value is -1.68. The number of benzene rings is 1. The van der Waals surface area contributed by atoms with Crippen LogP contribution in [0.3, 0.4) is 0 Å². The molecule has 0 saturated carbocycles. The van der Waals surface area contributed by atoms with E-state index in [1.54, 1.807) is 12.1 Å². The van der Waals surface area contributed by atoms with E-state index in [2.05, 4.69) is 6.58 Å². The maximum Gasteiger partial charge on any atom is 0.231 e. The number of hydrogen-bond acceptors (Lipinski definition) is 4. The lowest BCUT2D eigenvalue weighted by atomic mass is 10.2. The summed E-state index contributed by atoms with van der Waals surface area (Å²) in [6, 6.07) is 3.66. The van der Waals surface area contributed by atoms with Crippen LogP contribution in [0, 0.1) is 6.92 Å². The lowest BCUT2D eigenvalue weighted by Gasteiger charge is -2.13. The fourth-order valence-electron chi connectivity index (χ4n) is 1.63. The molecule has 17 heavy (non-hydrogen) atoms.